The molecule has 0 aliphatic heterocycles. The fraction of sp³-hybridized carbons (Fsp3) is 0.400. The smallest absolute Gasteiger partial charge is 0.142 e. The predicted octanol–water partition coefficient (Wildman–Crippen LogP) is 1.93. The summed E-state index contributed by atoms with van der Waals surface area (Å²) in [6, 6.07) is 1.95. The maximum Gasteiger partial charge on any atom is 0.142 e. The third kappa shape index (κ3) is 1.62. The molecule has 0 unspecified atom stereocenters. The zero-order valence-electron chi connectivity index (χ0n) is 7.80. The van der Waals surface area contributed by atoms with E-state index in [2.05, 4.69) is 0 Å². The molecule has 0 spiro atoms. The Bertz CT molecular complexity index is 405. The van der Waals surface area contributed by atoms with Crippen molar-refractivity contribution in [2.24, 2.45) is 5.73 Å². The highest BCUT2D eigenvalue weighted by Crippen LogP contribution is 2.43. The Hall–Kier alpha value is -0.710. The van der Waals surface area contributed by atoms with Gasteiger partial charge in [-0.15, -0.1) is 0 Å². The van der Waals surface area contributed by atoms with E-state index in [9.17, 15) is 8.78 Å². The summed E-state index contributed by atoms with van der Waals surface area (Å²) in [6.45, 7) is 0. The lowest BCUT2D eigenvalue weighted by atomic mass is 9.70. The number of hydrogen-bond donors (Lipinski definition) is 2. The van der Waals surface area contributed by atoms with E-state index in [1.54, 1.807) is 0 Å². The van der Waals surface area contributed by atoms with Crippen molar-refractivity contribution in [2.75, 3.05) is 0 Å². The van der Waals surface area contributed by atoms with Crippen molar-refractivity contribution >= 4 is 11.6 Å². The molecule has 1 aromatic carbocycles. The van der Waals surface area contributed by atoms with E-state index in [1.807, 2.05) is 0 Å². The molecule has 1 fully saturated rings. The van der Waals surface area contributed by atoms with Crippen LogP contribution in [0.4, 0.5) is 8.78 Å². The second-order valence-corrected chi connectivity index (χ2v) is 4.31. The Morgan fingerprint density at radius 1 is 1.33 bits per heavy atom. The molecule has 0 heterocycles. The summed E-state index contributed by atoms with van der Waals surface area (Å²) in [4.78, 5) is 0. The number of rotatable bonds is 1. The molecule has 1 aromatic rings. The molecular weight excluding hydrogens is 224 g/mol. The number of aliphatic hydroxyl groups excluding tert-OH is 1. The molecule has 1 aliphatic carbocycles. The number of hydrogen-bond acceptors (Lipinski definition) is 2. The largest absolute Gasteiger partial charge is 0.393 e. The third-order valence-electron chi connectivity index (χ3n) is 2.74. The average molecular weight is 234 g/mol. The highest BCUT2D eigenvalue weighted by Gasteiger charge is 2.44. The maximum absolute atomic E-state index is 13.5. The first kappa shape index (κ1) is 10.8. The van der Waals surface area contributed by atoms with Gasteiger partial charge < -0.3 is 10.8 Å². The lowest BCUT2D eigenvalue weighted by Gasteiger charge is -2.43. The van der Waals surface area contributed by atoms with Gasteiger partial charge in [0.15, 0.2) is 0 Å². The van der Waals surface area contributed by atoms with E-state index in [4.69, 9.17) is 22.4 Å². The quantitative estimate of drug-likeness (QED) is 0.728. The second-order valence-electron chi connectivity index (χ2n) is 3.94. The monoisotopic (exact) mass is 233 g/mol. The van der Waals surface area contributed by atoms with E-state index in [0.717, 1.165) is 12.1 Å². The Morgan fingerprint density at radius 2 is 1.87 bits per heavy atom. The number of aliphatic hydroxyl groups is 1. The SMILES string of the molecule is NC1(c2c(F)ccc(F)c2Cl)CC(O)C1. The molecule has 2 nitrogen and oxygen atoms in total. The van der Waals surface area contributed by atoms with Crippen molar-refractivity contribution in [3.8, 4) is 0 Å². The van der Waals surface area contributed by atoms with Crippen LogP contribution in [-0.2, 0) is 5.54 Å². The number of halogens is 3. The van der Waals surface area contributed by atoms with Gasteiger partial charge in [-0.2, -0.15) is 0 Å². The molecule has 0 atom stereocenters. The molecule has 0 bridgehead atoms. The summed E-state index contributed by atoms with van der Waals surface area (Å²) in [5.74, 6) is -1.32. The lowest BCUT2D eigenvalue weighted by molar-refractivity contribution is 0.0192. The molecule has 0 aromatic heterocycles. The molecular formula is C10H10ClF2NO. The van der Waals surface area contributed by atoms with Crippen LogP contribution in [0.15, 0.2) is 12.1 Å². The Labute approximate surface area is 90.7 Å². The molecule has 0 saturated heterocycles. The van der Waals surface area contributed by atoms with Crippen molar-refractivity contribution in [1.29, 1.82) is 0 Å². The molecule has 82 valence electrons. The van der Waals surface area contributed by atoms with E-state index >= 15 is 0 Å². The molecule has 15 heavy (non-hydrogen) atoms. The molecule has 1 aliphatic rings. The normalized spacial score (nSPS) is 30.1. The molecule has 1 saturated carbocycles. The summed E-state index contributed by atoms with van der Waals surface area (Å²) in [7, 11) is 0. The van der Waals surface area contributed by atoms with Gasteiger partial charge in [-0.25, -0.2) is 8.78 Å². The molecule has 3 N–H and O–H groups in total. The van der Waals surface area contributed by atoms with Gasteiger partial charge in [0.25, 0.3) is 0 Å². The zero-order valence-corrected chi connectivity index (χ0v) is 8.56. The highest BCUT2D eigenvalue weighted by atomic mass is 35.5. The van der Waals surface area contributed by atoms with Crippen LogP contribution < -0.4 is 5.73 Å². The standard InChI is InChI=1S/C10H10ClF2NO/c11-9-7(13)2-1-6(12)8(9)10(14)3-5(15)4-10/h1-2,5,15H,3-4,14H2. The summed E-state index contributed by atoms with van der Waals surface area (Å²) in [5, 5.41) is 8.87. The number of nitrogens with two attached hydrogens (primary N) is 1. The number of benzene rings is 1. The predicted molar refractivity (Wildman–Crippen MR) is 52.5 cm³/mol. The van der Waals surface area contributed by atoms with Gasteiger partial charge in [-0.05, 0) is 25.0 Å². The Kier molecular flexibility index (Phi) is 2.45. The Morgan fingerprint density at radius 3 is 2.40 bits per heavy atom. The van der Waals surface area contributed by atoms with Crippen LogP contribution in [0.25, 0.3) is 0 Å². The van der Waals surface area contributed by atoms with Crippen LogP contribution >= 0.6 is 11.6 Å². The topological polar surface area (TPSA) is 46.2 Å². The molecule has 5 heteroatoms. The van der Waals surface area contributed by atoms with Crippen molar-refractivity contribution in [1.82, 2.24) is 0 Å². The average Bonchev–Trinajstić information content (AvgIpc) is 2.10. The van der Waals surface area contributed by atoms with Crippen molar-refractivity contribution in [2.45, 2.75) is 24.5 Å². The van der Waals surface area contributed by atoms with Crippen molar-refractivity contribution in [3.05, 3.63) is 34.4 Å². The van der Waals surface area contributed by atoms with Crippen LogP contribution in [0.5, 0.6) is 0 Å². The van der Waals surface area contributed by atoms with E-state index in [1.165, 1.54) is 0 Å². The van der Waals surface area contributed by atoms with E-state index in [0.29, 0.717) is 0 Å². The van der Waals surface area contributed by atoms with Crippen molar-refractivity contribution in [3.63, 3.8) is 0 Å². The lowest BCUT2D eigenvalue weighted by Crippen LogP contribution is -2.52. The van der Waals surface area contributed by atoms with Gasteiger partial charge in [0.2, 0.25) is 0 Å². The van der Waals surface area contributed by atoms with E-state index in [-0.39, 0.29) is 23.4 Å². The van der Waals surface area contributed by atoms with Gasteiger partial charge >= 0.3 is 0 Å². The van der Waals surface area contributed by atoms with Crippen LogP contribution in [0.3, 0.4) is 0 Å². The van der Waals surface area contributed by atoms with Gasteiger partial charge in [0.1, 0.15) is 11.6 Å². The van der Waals surface area contributed by atoms with Crippen LogP contribution in [0.1, 0.15) is 18.4 Å². The molecule has 0 amide bonds. The Balaban J connectivity index is 2.48. The van der Waals surface area contributed by atoms with Gasteiger partial charge in [0.05, 0.1) is 16.7 Å². The fourth-order valence-electron chi connectivity index (χ4n) is 1.97. The summed E-state index contributed by atoms with van der Waals surface area (Å²) in [6.07, 6.45) is -0.158. The summed E-state index contributed by atoms with van der Waals surface area (Å²) in [5.41, 5.74) is 4.76. The van der Waals surface area contributed by atoms with Crippen molar-refractivity contribution < 1.29 is 13.9 Å². The van der Waals surface area contributed by atoms with Gasteiger partial charge in [-0.3, -0.25) is 0 Å². The fourth-order valence-corrected chi connectivity index (χ4v) is 2.31. The first-order chi connectivity index (χ1) is 6.94. The molecule has 0 radical (unpaired) electrons. The second kappa shape index (κ2) is 3.40. The third-order valence-corrected chi connectivity index (χ3v) is 3.11. The van der Waals surface area contributed by atoms with Gasteiger partial charge in [-0.1, -0.05) is 11.6 Å². The van der Waals surface area contributed by atoms with Gasteiger partial charge in [0, 0.05) is 5.56 Å². The van der Waals surface area contributed by atoms with E-state index < -0.39 is 23.3 Å². The maximum atomic E-state index is 13.5. The van der Waals surface area contributed by atoms with Crippen LogP contribution in [0, 0.1) is 11.6 Å². The van der Waals surface area contributed by atoms with Crippen LogP contribution in [-0.4, -0.2) is 11.2 Å². The minimum atomic E-state index is -1.04. The van der Waals surface area contributed by atoms with Crippen LogP contribution in [0.2, 0.25) is 5.02 Å². The first-order valence-electron chi connectivity index (χ1n) is 4.55. The minimum absolute atomic E-state index is 0.0329. The molecule has 2 rings (SSSR count). The minimum Gasteiger partial charge on any atom is -0.393 e. The summed E-state index contributed by atoms with van der Waals surface area (Å²) >= 11 is 5.67. The zero-order chi connectivity index (χ0) is 11.2. The highest BCUT2D eigenvalue weighted by molar-refractivity contribution is 6.31. The first-order valence-corrected chi connectivity index (χ1v) is 4.93. The summed E-state index contributed by atoms with van der Waals surface area (Å²) < 4.78 is 26.6.